The predicted molar refractivity (Wildman–Crippen MR) is 85.8 cm³/mol. The van der Waals surface area contributed by atoms with Gasteiger partial charge >= 0.3 is 0 Å². The molecule has 0 aliphatic rings. The van der Waals surface area contributed by atoms with E-state index < -0.39 is 0 Å². The van der Waals surface area contributed by atoms with Crippen LogP contribution in [0.2, 0.25) is 0 Å². The predicted octanol–water partition coefficient (Wildman–Crippen LogP) is 2.26. The van der Waals surface area contributed by atoms with Crippen LogP contribution in [0.4, 0.5) is 0 Å². The summed E-state index contributed by atoms with van der Waals surface area (Å²) in [5.41, 5.74) is 2.09. The summed E-state index contributed by atoms with van der Waals surface area (Å²) >= 11 is 0. The Kier molecular flexibility index (Phi) is 3.80. The van der Waals surface area contributed by atoms with E-state index in [1.807, 2.05) is 6.20 Å². The second-order valence-electron chi connectivity index (χ2n) is 5.29. The highest BCUT2D eigenvalue weighted by Crippen LogP contribution is 2.23. The fourth-order valence-corrected chi connectivity index (χ4v) is 2.51. The maximum atomic E-state index is 12.0. The number of carbonyl (C=O) groups is 1. The van der Waals surface area contributed by atoms with Gasteiger partial charge in [-0.1, -0.05) is 0 Å². The van der Waals surface area contributed by atoms with Gasteiger partial charge < -0.3 is 25.6 Å². The molecule has 0 atom stereocenters. The molecule has 1 heterocycles. The molecule has 1 aromatic heterocycles. The lowest BCUT2D eigenvalue weighted by atomic mass is 10.1. The Morgan fingerprint density at radius 1 is 1.00 bits per heavy atom. The van der Waals surface area contributed by atoms with Crippen molar-refractivity contribution in [2.75, 3.05) is 6.54 Å². The minimum absolute atomic E-state index is 0.165. The number of rotatable bonds is 4. The third kappa shape index (κ3) is 3.21. The van der Waals surface area contributed by atoms with Crippen molar-refractivity contribution in [3.8, 4) is 17.2 Å². The summed E-state index contributed by atoms with van der Waals surface area (Å²) in [5, 5.41) is 32.0. The molecule has 0 spiro atoms. The van der Waals surface area contributed by atoms with Gasteiger partial charge in [-0.25, -0.2) is 0 Å². The average molecular weight is 312 g/mol. The first kappa shape index (κ1) is 14.8. The lowest BCUT2D eigenvalue weighted by Crippen LogP contribution is -2.25. The molecule has 0 fully saturated rings. The summed E-state index contributed by atoms with van der Waals surface area (Å²) in [6.45, 7) is 0.387. The van der Waals surface area contributed by atoms with Gasteiger partial charge in [0.25, 0.3) is 5.91 Å². The number of hydrogen-bond donors (Lipinski definition) is 5. The number of benzene rings is 2. The van der Waals surface area contributed by atoms with Crippen LogP contribution in [0.5, 0.6) is 17.2 Å². The molecule has 0 saturated heterocycles. The van der Waals surface area contributed by atoms with E-state index in [9.17, 15) is 20.1 Å². The fraction of sp³-hybridized carbons (Fsp3) is 0.118. The van der Waals surface area contributed by atoms with Crippen molar-refractivity contribution in [1.29, 1.82) is 0 Å². The van der Waals surface area contributed by atoms with Crippen molar-refractivity contribution in [1.82, 2.24) is 10.3 Å². The van der Waals surface area contributed by atoms with Crippen molar-refractivity contribution in [2.24, 2.45) is 0 Å². The van der Waals surface area contributed by atoms with Crippen LogP contribution in [-0.4, -0.2) is 32.8 Å². The summed E-state index contributed by atoms with van der Waals surface area (Å²) in [7, 11) is 0. The lowest BCUT2D eigenvalue weighted by Gasteiger charge is -2.06. The lowest BCUT2D eigenvalue weighted by molar-refractivity contribution is 0.0953. The summed E-state index contributed by atoms with van der Waals surface area (Å²) in [5.74, 6) is -0.513. The SMILES string of the molecule is O=C(NCCc1c[nH]c2ccc(O)cc12)c1cc(O)cc(O)c1. The van der Waals surface area contributed by atoms with Crippen LogP contribution < -0.4 is 5.32 Å². The van der Waals surface area contributed by atoms with Gasteiger partial charge in [0, 0.05) is 35.3 Å². The van der Waals surface area contributed by atoms with E-state index >= 15 is 0 Å². The quantitative estimate of drug-likeness (QED) is 0.509. The molecule has 0 unspecified atom stereocenters. The number of aromatic amines is 1. The van der Waals surface area contributed by atoms with Gasteiger partial charge in [0.1, 0.15) is 17.2 Å². The van der Waals surface area contributed by atoms with Crippen LogP contribution in [0.1, 0.15) is 15.9 Å². The molecule has 3 rings (SSSR count). The molecule has 6 nitrogen and oxygen atoms in total. The topological polar surface area (TPSA) is 106 Å². The average Bonchev–Trinajstić information content (AvgIpc) is 2.88. The zero-order chi connectivity index (χ0) is 16.4. The number of phenols is 3. The number of fused-ring (bicyclic) bond motifs is 1. The number of aromatic hydroxyl groups is 3. The Morgan fingerprint density at radius 3 is 2.48 bits per heavy atom. The van der Waals surface area contributed by atoms with Gasteiger partial charge in [0.15, 0.2) is 0 Å². The van der Waals surface area contributed by atoms with Crippen LogP contribution >= 0.6 is 0 Å². The first-order chi connectivity index (χ1) is 11.0. The number of aromatic nitrogens is 1. The first-order valence-corrected chi connectivity index (χ1v) is 7.13. The molecule has 1 amide bonds. The van der Waals surface area contributed by atoms with Crippen molar-refractivity contribution in [2.45, 2.75) is 6.42 Å². The van der Waals surface area contributed by atoms with Gasteiger partial charge in [0.05, 0.1) is 0 Å². The van der Waals surface area contributed by atoms with E-state index in [2.05, 4.69) is 10.3 Å². The summed E-state index contributed by atoms with van der Waals surface area (Å²) in [4.78, 5) is 15.1. The van der Waals surface area contributed by atoms with E-state index in [4.69, 9.17) is 0 Å². The molecule has 0 aliphatic carbocycles. The molecule has 0 bridgehead atoms. The minimum atomic E-state index is -0.376. The van der Waals surface area contributed by atoms with E-state index in [1.165, 1.54) is 12.1 Å². The van der Waals surface area contributed by atoms with Crippen molar-refractivity contribution >= 4 is 16.8 Å². The fourth-order valence-electron chi connectivity index (χ4n) is 2.51. The van der Waals surface area contributed by atoms with Crippen molar-refractivity contribution in [3.05, 3.63) is 53.7 Å². The van der Waals surface area contributed by atoms with Crippen LogP contribution in [0.3, 0.4) is 0 Å². The third-order valence-electron chi connectivity index (χ3n) is 3.60. The molecule has 23 heavy (non-hydrogen) atoms. The molecular formula is C17H16N2O4. The Hall–Kier alpha value is -3.15. The molecule has 0 aliphatic heterocycles. The van der Waals surface area contributed by atoms with Crippen LogP contribution in [-0.2, 0) is 6.42 Å². The zero-order valence-electron chi connectivity index (χ0n) is 12.2. The Morgan fingerprint density at radius 2 is 1.74 bits per heavy atom. The number of phenolic OH excluding ortho intramolecular Hbond substituents is 3. The van der Waals surface area contributed by atoms with Gasteiger partial charge in [-0.15, -0.1) is 0 Å². The van der Waals surface area contributed by atoms with Crippen LogP contribution in [0.15, 0.2) is 42.6 Å². The van der Waals surface area contributed by atoms with Crippen molar-refractivity contribution < 1.29 is 20.1 Å². The molecular weight excluding hydrogens is 296 g/mol. The van der Waals surface area contributed by atoms with Crippen LogP contribution in [0, 0.1) is 0 Å². The highest BCUT2D eigenvalue weighted by Gasteiger charge is 2.09. The van der Waals surface area contributed by atoms with Gasteiger partial charge in [-0.05, 0) is 42.3 Å². The molecule has 3 aromatic rings. The summed E-state index contributed by atoms with van der Waals surface area (Å²) in [6.07, 6.45) is 2.43. The largest absolute Gasteiger partial charge is 0.508 e. The van der Waals surface area contributed by atoms with Crippen LogP contribution in [0.25, 0.3) is 10.9 Å². The standard InChI is InChI=1S/C17H16N2O4/c20-12-1-2-16-15(8-12)10(9-19-16)3-4-18-17(23)11-5-13(21)7-14(22)6-11/h1-2,5-9,19-22H,3-4H2,(H,18,23). The molecule has 0 radical (unpaired) electrons. The number of H-pyrrole nitrogens is 1. The molecule has 6 heteroatoms. The normalized spacial score (nSPS) is 10.8. The number of carbonyl (C=O) groups excluding carboxylic acids is 1. The van der Waals surface area contributed by atoms with Gasteiger partial charge in [0.2, 0.25) is 0 Å². The first-order valence-electron chi connectivity index (χ1n) is 7.13. The Bertz CT molecular complexity index is 850. The third-order valence-corrected chi connectivity index (χ3v) is 3.60. The Balaban J connectivity index is 1.66. The number of amides is 1. The van der Waals surface area contributed by atoms with E-state index in [0.717, 1.165) is 22.5 Å². The maximum absolute atomic E-state index is 12.0. The summed E-state index contributed by atoms with van der Waals surface area (Å²) in [6, 6.07) is 8.82. The van der Waals surface area contributed by atoms with Gasteiger partial charge in [-0.3, -0.25) is 4.79 Å². The van der Waals surface area contributed by atoms with E-state index in [1.54, 1.807) is 18.2 Å². The van der Waals surface area contributed by atoms with Gasteiger partial charge in [-0.2, -0.15) is 0 Å². The molecule has 0 saturated carbocycles. The highest BCUT2D eigenvalue weighted by molar-refractivity contribution is 5.95. The minimum Gasteiger partial charge on any atom is -0.508 e. The smallest absolute Gasteiger partial charge is 0.251 e. The monoisotopic (exact) mass is 312 g/mol. The second kappa shape index (κ2) is 5.92. The zero-order valence-corrected chi connectivity index (χ0v) is 12.2. The van der Waals surface area contributed by atoms with Crippen molar-refractivity contribution in [3.63, 3.8) is 0 Å². The van der Waals surface area contributed by atoms with E-state index in [0.29, 0.717) is 13.0 Å². The molecule has 5 N–H and O–H groups in total. The number of hydrogen-bond acceptors (Lipinski definition) is 4. The van der Waals surface area contributed by atoms with E-state index in [-0.39, 0.29) is 28.7 Å². The Labute approximate surface area is 132 Å². The number of nitrogens with one attached hydrogen (secondary N) is 2. The molecule has 2 aromatic carbocycles. The summed E-state index contributed by atoms with van der Waals surface area (Å²) < 4.78 is 0. The molecule has 118 valence electrons. The highest BCUT2D eigenvalue weighted by atomic mass is 16.3. The second-order valence-corrected chi connectivity index (χ2v) is 5.29. The maximum Gasteiger partial charge on any atom is 0.251 e.